The van der Waals surface area contributed by atoms with Crippen molar-refractivity contribution in [1.29, 1.82) is 0 Å². The fourth-order valence-electron chi connectivity index (χ4n) is 2.52. The molecule has 1 unspecified atom stereocenters. The summed E-state index contributed by atoms with van der Waals surface area (Å²) in [7, 11) is 0. The molecular weight excluding hydrogens is 485 g/mol. The molecular formula is C20H20Cl3N3O4S. The second kappa shape index (κ2) is 13.4. The van der Waals surface area contributed by atoms with E-state index in [4.69, 9.17) is 54.9 Å². The van der Waals surface area contributed by atoms with Gasteiger partial charge in [0.15, 0.2) is 0 Å². The summed E-state index contributed by atoms with van der Waals surface area (Å²) < 4.78 is 8.20. The van der Waals surface area contributed by atoms with E-state index in [1.807, 2.05) is 59.6 Å². The average Bonchev–Trinajstić information content (AvgIpc) is 3.22. The topological polar surface area (TPSA) is 90.4 Å². The molecule has 7 nitrogen and oxygen atoms in total. The SMILES string of the molecule is Clc1ccc(COC(CSCc2ccc(Cl)c(Cl)c2)Cn2ccnc2)cc1.O=[N+]([O-])O. The Balaban J connectivity index is 0.000000785. The molecule has 3 rings (SSSR count). The van der Waals surface area contributed by atoms with Crippen LogP contribution in [-0.2, 0) is 23.6 Å². The first kappa shape index (κ1) is 25.3. The quantitative estimate of drug-likeness (QED) is 0.283. The second-order valence-electron chi connectivity index (χ2n) is 6.32. The van der Waals surface area contributed by atoms with Crippen molar-refractivity contribution in [1.82, 2.24) is 9.55 Å². The number of thioether (sulfide) groups is 1. The zero-order valence-corrected chi connectivity index (χ0v) is 19.3. The van der Waals surface area contributed by atoms with Crippen LogP contribution in [0.25, 0.3) is 0 Å². The summed E-state index contributed by atoms with van der Waals surface area (Å²) in [5.41, 5.74) is 2.25. The smallest absolute Gasteiger partial charge is 0.291 e. The molecule has 1 N–H and O–H groups in total. The fourth-order valence-corrected chi connectivity index (χ4v) is 3.96. The van der Waals surface area contributed by atoms with Gasteiger partial charge in [0.05, 0.1) is 35.6 Å². The number of hydrogen-bond acceptors (Lipinski definition) is 5. The van der Waals surface area contributed by atoms with Gasteiger partial charge in [-0.1, -0.05) is 53.0 Å². The van der Waals surface area contributed by atoms with Gasteiger partial charge in [0.2, 0.25) is 0 Å². The predicted octanol–water partition coefficient (Wildman–Crippen LogP) is 6.01. The fraction of sp³-hybridized carbons (Fsp3) is 0.250. The molecule has 0 fully saturated rings. The molecule has 0 aliphatic rings. The van der Waals surface area contributed by atoms with Gasteiger partial charge in [0.1, 0.15) is 0 Å². The first-order valence-electron chi connectivity index (χ1n) is 9.00. The van der Waals surface area contributed by atoms with E-state index in [9.17, 15) is 0 Å². The Bertz CT molecular complexity index is 939. The number of hydrogen-bond donors (Lipinski definition) is 1. The van der Waals surface area contributed by atoms with Gasteiger partial charge in [-0.05, 0) is 35.4 Å². The van der Waals surface area contributed by atoms with Crippen LogP contribution in [0.4, 0.5) is 0 Å². The van der Waals surface area contributed by atoms with E-state index >= 15 is 0 Å². The Morgan fingerprint density at radius 1 is 1.13 bits per heavy atom. The molecule has 31 heavy (non-hydrogen) atoms. The Hall–Kier alpha value is -1.97. The lowest BCUT2D eigenvalue weighted by molar-refractivity contribution is -0.742. The molecule has 0 bridgehead atoms. The van der Waals surface area contributed by atoms with E-state index in [1.165, 1.54) is 0 Å². The Morgan fingerprint density at radius 2 is 1.81 bits per heavy atom. The van der Waals surface area contributed by atoms with Crippen molar-refractivity contribution in [2.45, 2.75) is 25.0 Å². The highest BCUT2D eigenvalue weighted by atomic mass is 35.5. The van der Waals surface area contributed by atoms with Crippen molar-refractivity contribution < 1.29 is 15.0 Å². The van der Waals surface area contributed by atoms with Crippen LogP contribution < -0.4 is 0 Å². The summed E-state index contributed by atoms with van der Waals surface area (Å²) in [6.07, 6.45) is 5.59. The van der Waals surface area contributed by atoms with Crippen LogP contribution >= 0.6 is 46.6 Å². The van der Waals surface area contributed by atoms with Gasteiger partial charge < -0.3 is 14.5 Å². The summed E-state index contributed by atoms with van der Waals surface area (Å²) in [5, 5.41) is 15.5. The van der Waals surface area contributed by atoms with Gasteiger partial charge in [0, 0.05) is 28.9 Å². The molecule has 0 saturated carbocycles. The summed E-state index contributed by atoms with van der Waals surface area (Å²) in [5.74, 6) is 1.70. The molecule has 0 amide bonds. The molecule has 1 atom stereocenters. The number of imidazole rings is 1. The third-order valence-corrected chi connectivity index (χ3v) is 6.07. The van der Waals surface area contributed by atoms with Gasteiger partial charge in [-0.2, -0.15) is 11.8 Å². The normalized spacial score (nSPS) is 11.5. The Kier molecular flexibility index (Phi) is 11.0. The maximum Gasteiger partial charge on any atom is 0.291 e. The standard InChI is InChI=1S/C20H19Cl3N2OS.HNO3/c21-17-4-1-15(2-5-17)11-26-18(10-25-8-7-24-14-25)13-27-12-16-3-6-19(22)20(23)9-16;2-1(3)4/h1-9,14,18H,10-13H2;(H,2,3,4). The van der Waals surface area contributed by atoms with Crippen molar-refractivity contribution in [3.8, 4) is 0 Å². The highest BCUT2D eigenvalue weighted by Gasteiger charge is 2.11. The van der Waals surface area contributed by atoms with E-state index in [-0.39, 0.29) is 6.10 Å². The van der Waals surface area contributed by atoms with Gasteiger partial charge >= 0.3 is 0 Å². The van der Waals surface area contributed by atoms with Crippen molar-refractivity contribution in [3.63, 3.8) is 0 Å². The monoisotopic (exact) mass is 503 g/mol. The van der Waals surface area contributed by atoms with Crippen LogP contribution in [0, 0.1) is 10.1 Å². The van der Waals surface area contributed by atoms with Crippen LogP contribution in [0.15, 0.2) is 61.2 Å². The van der Waals surface area contributed by atoms with E-state index < -0.39 is 5.09 Å². The average molecular weight is 505 g/mol. The van der Waals surface area contributed by atoms with Crippen LogP contribution in [0.2, 0.25) is 15.1 Å². The lowest BCUT2D eigenvalue weighted by Gasteiger charge is -2.18. The minimum absolute atomic E-state index is 0.0580. The maximum atomic E-state index is 8.36. The van der Waals surface area contributed by atoms with Gasteiger partial charge in [-0.3, -0.25) is 0 Å². The van der Waals surface area contributed by atoms with Gasteiger partial charge in [-0.25, -0.2) is 4.98 Å². The summed E-state index contributed by atoms with van der Waals surface area (Å²) in [6.45, 7) is 1.30. The number of halogens is 3. The lowest BCUT2D eigenvalue weighted by Crippen LogP contribution is -2.22. The van der Waals surface area contributed by atoms with Crippen LogP contribution in [0.1, 0.15) is 11.1 Å². The van der Waals surface area contributed by atoms with Crippen molar-refractivity contribution in [3.05, 3.63) is 97.5 Å². The highest BCUT2D eigenvalue weighted by Crippen LogP contribution is 2.25. The van der Waals surface area contributed by atoms with Crippen LogP contribution in [0.5, 0.6) is 0 Å². The maximum absolute atomic E-state index is 8.36. The Labute approximate surface area is 199 Å². The number of ether oxygens (including phenoxy) is 1. The van der Waals surface area contributed by atoms with Crippen molar-refractivity contribution in [2.24, 2.45) is 0 Å². The zero-order valence-electron chi connectivity index (χ0n) is 16.2. The summed E-state index contributed by atoms with van der Waals surface area (Å²) in [6, 6.07) is 13.5. The third kappa shape index (κ3) is 10.3. The first-order chi connectivity index (χ1) is 14.8. The largest absolute Gasteiger partial charge is 0.371 e. The van der Waals surface area contributed by atoms with Gasteiger partial charge in [0.25, 0.3) is 5.09 Å². The predicted molar refractivity (Wildman–Crippen MR) is 124 cm³/mol. The van der Waals surface area contributed by atoms with E-state index in [1.54, 1.807) is 18.0 Å². The molecule has 0 aliphatic carbocycles. The number of benzene rings is 2. The molecule has 166 valence electrons. The third-order valence-electron chi connectivity index (χ3n) is 3.93. The second-order valence-corrected chi connectivity index (χ2v) is 8.60. The number of rotatable bonds is 9. The minimum Gasteiger partial charge on any atom is -0.371 e. The molecule has 0 radical (unpaired) electrons. The summed E-state index contributed by atoms with van der Waals surface area (Å²) >= 11 is 19.8. The Morgan fingerprint density at radius 3 is 2.42 bits per heavy atom. The molecule has 1 aromatic heterocycles. The minimum atomic E-state index is -1.50. The molecule has 11 heteroatoms. The number of nitrogens with zero attached hydrogens (tertiary/aromatic N) is 3. The lowest BCUT2D eigenvalue weighted by atomic mass is 10.2. The van der Waals surface area contributed by atoms with Crippen LogP contribution in [0.3, 0.4) is 0 Å². The molecule has 0 aliphatic heterocycles. The molecule has 2 aromatic carbocycles. The van der Waals surface area contributed by atoms with Gasteiger partial charge in [-0.15, -0.1) is 10.1 Å². The molecule has 1 heterocycles. The first-order valence-corrected chi connectivity index (χ1v) is 11.3. The zero-order chi connectivity index (χ0) is 22.6. The number of aromatic nitrogens is 2. The van der Waals surface area contributed by atoms with E-state index in [2.05, 4.69) is 4.98 Å². The molecule has 0 saturated heterocycles. The van der Waals surface area contributed by atoms with Crippen molar-refractivity contribution >= 4 is 46.6 Å². The molecule has 0 spiro atoms. The highest BCUT2D eigenvalue weighted by molar-refractivity contribution is 7.98. The van der Waals surface area contributed by atoms with Crippen LogP contribution in [-0.4, -0.2) is 31.7 Å². The molecule has 3 aromatic rings. The van der Waals surface area contributed by atoms with Crippen molar-refractivity contribution in [2.75, 3.05) is 5.75 Å². The van der Waals surface area contributed by atoms with E-state index in [0.29, 0.717) is 16.7 Å². The summed E-state index contributed by atoms with van der Waals surface area (Å²) in [4.78, 5) is 12.5. The van der Waals surface area contributed by atoms with E-state index in [0.717, 1.165) is 34.2 Å².